The minimum Gasteiger partial charge on any atom is -0.280 e. The highest BCUT2D eigenvalue weighted by atomic mass is 79.9. The van der Waals surface area contributed by atoms with E-state index in [4.69, 9.17) is 11.6 Å². The number of halogens is 3. The van der Waals surface area contributed by atoms with Crippen LogP contribution in [0.4, 0.5) is 10.1 Å². The van der Waals surface area contributed by atoms with Crippen LogP contribution in [-0.2, 0) is 15.8 Å². The van der Waals surface area contributed by atoms with Crippen molar-refractivity contribution in [3.8, 4) is 0 Å². The lowest BCUT2D eigenvalue weighted by atomic mass is 10.2. The van der Waals surface area contributed by atoms with Crippen LogP contribution in [-0.4, -0.2) is 8.42 Å². The number of nitrogens with one attached hydrogen (secondary N) is 1. The second-order valence-electron chi connectivity index (χ2n) is 4.08. The lowest BCUT2D eigenvalue weighted by Crippen LogP contribution is -2.16. The molecule has 0 aliphatic heterocycles. The Balaban J connectivity index is 2.22. The molecular weight excluding hydrogens is 369 g/mol. The van der Waals surface area contributed by atoms with Crippen LogP contribution >= 0.6 is 27.5 Å². The molecule has 0 radical (unpaired) electrons. The van der Waals surface area contributed by atoms with Gasteiger partial charge in [0, 0.05) is 9.50 Å². The molecule has 0 saturated heterocycles. The van der Waals surface area contributed by atoms with Gasteiger partial charge < -0.3 is 0 Å². The largest absolute Gasteiger partial charge is 0.280 e. The van der Waals surface area contributed by atoms with E-state index in [1.807, 2.05) is 0 Å². The van der Waals surface area contributed by atoms with Crippen molar-refractivity contribution < 1.29 is 12.8 Å². The molecule has 2 aromatic rings. The zero-order chi connectivity index (χ0) is 14.8. The summed E-state index contributed by atoms with van der Waals surface area (Å²) in [6.45, 7) is 0. The number of benzene rings is 2. The van der Waals surface area contributed by atoms with Gasteiger partial charge in [0.15, 0.2) is 0 Å². The summed E-state index contributed by atoms with van der Waals surface area (Å²) in [5.41, 5.74) is 0.361. The molecule has 3 nitrogen and oxygen atoms in total. The molecule has 1 N–H and O–H groups in total. The molecule has 0 aromatic heterocycles. The quantitative estimate of drug-likeness (QED) is 0.867. The van der Waals surface area contributed by atoms with Crippen molar-refractivity contribution in [2.75, 3.05) is 4.72 Å². The van der Waals surface area contributed by atoms with Crippen LogP contribution in [0.1, 0.15) is 5.56 Å². The Morgan fingerprint density at radius 1 is 1.20 bits per heavy atom. The van der Waals surface area contributed by atoms with Crippen LogP contribution in [0.2, 0.25) is 5.02 Å². The molecule has 0 heterocycles. The highest BCUT2D eigenvalue weighted by Crippen LogP contribution is 2.23. The number of hydrogen-bond acceptors (Lipinski definition) is 2. The van der Waals surface area contributed by atoms with Gasteiger partial charge in [-0.1, -0.05) is 45.7 Å². The highest BCUT2D eigenvalue weighted by Gasteiger charge is 2.15. The number of hydrogen-bond donors (Lipinski definition) is 1. The second-order valence-corrected chi connectivity index (χ2v) is 7.12. The SMILES string of the molecule is O=S(=O)(Cc1ccccc1Cl)Nc1ccc(Br)cc1F. The Morgan fingerprint density at radius 2 is 1.90 bits per heavy atom. The molecule has 0 aliphatic rings. The summed E-state index contributed by atoms with van der Waals surface area (Å²) in [7, 11) is -3.74. The van der Waals surface area contributed by atoms with E-state index in [9.17, 15) is 12.8 Å². The second kappa shape index (κ2) is 6.11. The fourth-order valence-electron chi connectivity index (χ4n) is 1.60. The molecule has 0 unspecified atom stereocenters. The van der Waals surface area contributed by atoms with E-state index in [2.05, 4.69) is 20.7 Å². The van der Waals surface area contributed by atoms with Crippen molar-refractivity contribution in [3.63, 3.8) is 0 Å². The van der Waals surface area contributed by atoms with Gasteiger partial charge in [-0.25, -0.2) is 12.8 Å². The Bertz CT molecular complexity index is 737. The maximum atomic E-state index is 13.6. The highest BCUT2D eigenvalue weighted by molar-refractivity contribution is 9.10. The monoisotopic (exact) mass is 377 g/mol. The van der Waals surface area contributed by atoms with Gasteiger partial charge in [-0.3, -0.25) is 4.72 Å². The van der Waals surface area contributed by atoms with Gasteiger partial charge in [0.2, 0.25) is 10.0 Å². The molecule has 0 atom stereocenters. The van der Waals surface area contributed by atoms with Gasteiger partial charge in [0.25, 0.3) is 0 Å². The number of rotatable bonds is 4. The van der Waals surface area contributed by atoms with E-state index < -0.39 is 15.8 Å². The van der Waals surface area contributed by atoms with Crippen molar-refractivity contribution in [2.24, 2.45) is 0 Å². The van der Waals surface area contributed by atoms with E-state index in [1.54, 1.807) is 30.3 Å². The van der Waals surface area contributed by atoms with E-state index in [0.717, 1.165) is 0 Å². The molecule has 20 heavy (non-hydrogen) atoms. The molecule has 2 aromatic carbocycles. The van der Waals surface area contributed by atoms with Gasteiger partial charge in [0.05, 0.1) is 11.4 Å². The third-order valence-electron chi connectivity index (χ3n) is 2.50. The minimum absolute atomic E-state index is 0.0970. The molecule has 0 spiro atoms. The predicted octanol–water partition coefficient (Wildman–Crippen LogP) is 4.18. The van der Waals surface area contributed by atoms with Gasteiger partial charge in [-0.15, -0.1) is 0 Å². The van der Waals surface area contributed by atoms with Crippen molar-refractivity contribution in [1.29, 1.82) is 0 Å². The van der Waals surface area contributed by atoms with E-state index in [1.165, 1.54) is 12.1 Å². The van der Waals surface area contributed by atoms with Crippen LogP contribution in [0.5, 0.6) is 0 Å². The van der Waals surface area contributed by atoms with E-state index in [-0.39, 0.29) is 11.4 Å². The minimum atomic E-state index is -3.74. The first-order chi connectivity index (χ1) is 9.37. The summed E-state index contributed by atoms with van der Waals surface area (Å²) in [5, 5.41) is 0.356. The number of anilines is 1. The summed E-state index contributed by atoms with van der Waals surface area (Å²) in [4.78, 5) is 0. The average Bonchev–Trinajstić information content (AvgIpc) is 2.35. The molecule has 0 amide bonds. The van der Waals surface area contributed by atoms with Crippen molar-refractivity contribution in [3.05, 3.63) is 63.3 Å². The van der Waals surface area contributed by atoms with Gasteiger partial charge in [0.1, 0.15) is 5.82 Å². The third-order valence-corrected chi connectivity index (χ3v) is 4.58. The zero-order valence-corrected chi connectivity index (χ0v) is 13.3. The van der Waals surface area contributed by atoms with Gasteiger partial charge in [-0.2, -0.15) is 0 Å². The van der Waals surface area contributed by atoms with E-state index in [0.29, 0.717) is 15.1 Å². The normalized spacial score (nSPS) is 11.3. The van der Waals surface area contributed by atoms with Crippen molar-refractivity contribution in [1.82, 2.24) is 0 Å². The molecule has 0 fully saturated rings. The van der Waals surface area contributed by atoms with Gasteiger partial charge in [-0.05, 0) is 29.8 Å². The van der Waals surface area contributed by atoms with Crippen LogP contribution in [0, 0.1) is 5.82 Å². The topological polar surface area (TPSA) is 46.2 Å². The molecule has 106 valence electrons. The van der Waals surface area contributed by atoms with Crippen LogP contribution in [0.3, 0.4) is 0 Å². The standard InChI is InChI=1S/C13H10BrClFNO2S/c14-10-5-6-13(12(16)7-10)17-20(18,19)8-9-3-1-2-4-11(9)15/h1-7,17H,8H2. The Hall–Kier alpha value is -1.11. The zero-order valence-electron chi connectivity index (χ0n) is 10.1. The molecule has 7 heteroatoms. The van der Waals surface area contributed by atoms with Crippen molar-refractivity contribution in [2.45, 2.75) is 5.75 Å². The predicted molar refractivity (Wildman–Crippen MR) is 81.8 cm³/mol. The summed E-state index contributed by atoms with van der Waals surface area (Å²) in [5.74, 6) is -0.968. The summed E-state index contributed by atoms with van der Waals surface area (Å²) in [6.07, 6.45) is 0. The van der Waals surface area contributed by atoms with Crippen LogP contribution in [0.25, 0.3) is 0 Å². The first-order valence-electron chi connectivity index (χ1n) is 5.56. The summed E-state index contributed by atoms with van der Waals surface area (Å²) >= 11 is 9.02. The Kier molecular flexibility index (Phi) is 4.67. The molecule has 0 aliphatic carbocycles. The summed E-state index contributed by atoms with van der Waals surface area (Å²) < 4.78 is 40.4. The number of sulfonamides is 1. The first kappa shape index (κ1) is 15.3. The fraction of sp³-hybridized carbons (Fsp3) is 0.0769. The summed E-state index contributed by atoms with van der Waals surface area (Å²) in [6, 6.07) is 10.7. The maximum absolute atomic E-state index is 13.6. The Labute approximate surface area is 130 Å². The molecule has 2 rings (SSSR count). The molecule has 0 saturated carbocycles. The molecular formula is C13H10BrClFNO2S. The smallest absolute Gasteiger partial charge is 0.237 e. The Morgan fingerprint density at radius 3 is 2.55 bits per heavy atom. The lowest BCUT2D eigenvalue weighted by molar-refractivity contribution is 0.597. The third kappa shape index (κ3) is 3.94. The lowest BCUT2D eigenvalue weighted by Gasteiger charge is -2.10. The van der Waals surface area contributed by atoms with Crippen molar-refractivity contribution >= 4 is 43.2 Å². The van der Waals surface area contributed by atoms with E-state index >= 15 is 0 Å². The fourth-order valence-corrected chi connectivity index (χ4v) is 3.44. The molecule has 0 bridgehead atoms. The van der Waals surface area contributed by atoms with Gasteiger partial charge >= 0.3 is 0 Å². The average molecular weight is 379 g/mol. The van der Waals surface area contributed by atoms with Crippen LogP contribution < -0.4 is 4.72 Å². The maximum Gasteiger partial charge on any atom is 0.237 e. The first-order valence-corrected chi connectivity index (χ1v) is 8.39. The van der Waals surface area contributed by atoms with Crippen LogP contribution in [0.15, 0.2) is 46.9 Å².